The Morgan fingerprint density at radius 3 is 2.47 bits per heavy atom. The van der Waals surface area contributed by atoms with E-state index in [0.717, 1.165) is 38.9 Å². The van der Waals surface area contributed by atoms with Crippen LogP contribution in [0.3, 0.4) is 0 Å². The van der Waals surface area contributed by atoms with E-state index in [1.807, 2.05) is 12.1 Å². The Morgan fingerprint density at radius 1 is 1.07 bits per heavy atom. The molecule has 0 saturated carbocycles. The molecule has 0 atom stereocenters. The minimum Gasteiger partial charge on any atom is -0.381 e. The van der Waals surface area contributed by atoms with Gasteiger partial charge in [0, 0.05) is 13.2 Å². The van der Waals surface area contributed by atoms with E-state index < -0.39 is 0 Å². The normalized spacial score (nSPS) is 10.5. The van der Waals surface area contributed by atoms with E-state index in [2.05, 4.69) is 6.92 Å². The molecule has 0 heterocycles. The highest BCUT2D eigenvalue weighted by molar-refractivity contribution is 5.15. The molecule has 0 aromatic heterocycles. The largest absolute Gasteiger partial charge is 0.381 e. The molecular weight excluding hydrogens is 191 g/mol. The summed E-state index contributed by atoms with van der Waals surface area (Å²) in [6, 6.07) is 6.73. The molecule has 0 saturated heterocycles. The average molecular weight is 210 g/mol. The minimum absolute atomic E-state index is 0.162. The molecule has 1 rings (SSSR count). The van der Waals surface area contributed by atoms with Crippen LogP contribution < -0.4 is 0 Å². The van der Waals surface area contributed by atoms with Gasteiger partial charge < -0.3 is 4.74 Å². The summed E-state index contributed by atoms with van der Waals surface area (Å²) in [4.78, 5) is 0. The molecule has 0 bridgehead atoms. The van der Waals surface area contributed by atoms with Crippen LogP contribution in [0.5, 0.6) is 0 Å². The second kappa shape index (κ2) is 7.41. The molecule has 0 aliphatic heterocycles. The summed E-state index contributed by atoms with van der Waals surface area (Å²) in [5.41, 5.74) is 1.20. The van der Waals surface area contributed by atoms with Crippen molar-refractivity contribution in [3.05, 3.63) is 35.6 Å². The van der Waals surface area contributed by atoms with Gasteiger partial charge in [-0.15, -0.1) is 0 Å². The number of hydrogen-bond acceptors (Lipinski definition) is 1. The van der Waals surface area contributed by atoms with E-state index in [1.165, 1.54) is 17.7 Å². The number of unbranched alkanes of at least 4 members (excludes halogenated alkanes) is 1. The molecule has 15 heavy (non-hydrogen) atoms. The summed E-state index contributed by atoms with van der Waals surface area (Å²) in [5, 5.41) is 0. The number of halogens is 1. The van der Waals surface area contributed by atoms with E-state index in [-0.39, 0.29) is 5.82 Å². The molecule has 2 heteroatoms. The molecule has 1 nitrogen and oxygen atoms in total. The van der Waals surface area contributed by atoms with Gasteiger partial charge in [0.05, 0.1) is 0 Å². The van der Waals surface area contributed by atoms with E-state index in [4.69, 9.17) is 4.74 Å². The number of benzene rings is 1. The predicted molar refractivity (Wildman–Crippen MR) is 60.4 cm³/mol. The van der Waals surface area contributed by atoms with Gasteiger partial charge in [0.15, 0.2) is 0 Å². The molecule has 0 aliphatic carbocycles. The Kier molecular flexibility index (Phi) is 6.02. The van der Waals surface area contributed by atoms with Gasteiger partial charge in [-0.2, -0.15) is 0 Å². The fourth-order valence-electron chi connectivity index (χ4n) is 1.43. The van der Waals surface area contributed by atoms with Crippen LogP contribution >= 0.6 is 0 Å². The Morgan fingerprint density at radius 2 is 1.80 bits per heavy atom. The first-order valence-electron chi connectivity index (χ1n) is 5.65. The van der Waals surface area contributed by atoms with Crippen LogP contribution in [-0.4, -0.2) is 13.2 Å². The molecule has 0 unspecified atom stereocenters. The second-order valence-corrected chi connectivity index (χ2v) is 3.70. The fourth-order valence-corrected chi connectivity index (χ4v) is 1.43. The first-order valence-corrected chi connectivity index (χ1v) is 5.65. The Labute approximate surface area is 91.3 Å². The lowest BCUT2D eigenvalue weighted by Gasteiger charge is -2.03. The molecule has 1 aromatic rings. The molecule has 0 aliphatic rings. The van der Waals surface area contributed by atoms with E-state index in [0.29, 0.717) is 0 Å². The summed E-state index contributed by atoms with van der Waals surface area (Å²) in [7, 11) is 0. The van der Waals surface area contributed by atoms with Crippen molar-refractivity contribution in [1.82, 2.24) is 0 Å². The summed E-state index contributed by atoms with van der Waals surface area (Å²) in [6.07, 6.45) is 4.28. The number of aryl methyl sites for hydroxylation is 1. The Hall–Kier alpha value is -0.890. The first kappa shape index (κ1) is 12.2. The van der Waals surface area contributed by atoms with Gasteiger partial charge >= 0.3 is 0 Å². The molecule has 0 radical (unpaired) electrons. The van der Waals surface area contributed by atoms with Crippen molar-refractivity contribution in [3.8, 4) is 0 Å². The van der Waals surface area contributed by atoms with Gasteiger partial charge in [-0.05, 0) is 43.4 Å². The van der Waals surface area contributed by atoms with Crippen molar-refractivity contribution in [2.75, 3.05) is 13.2 Å². The maximum Gasteiger partial charge on any atom is 0.123 e. The van der Waals surface area contributed by atoms with Crippen LogP contribution in [0.15, 0.2) is 24.3 Å². The highest BCUT2D eigenvalue weighted by Gasteiger charge is 1.94. The van der Waals surface area contributed by atoms with E-state index >= 15 is 0 Å². The lowest BCUT2D eigenvalue weighted by molar-refractivity contribution is 0.131. The monoisotopic (exact) mass is 210 g/mol. The number of rotatable bonds is 7. The molecule has 0 spiro atoms. The Balaban J connectivity index is 2.07. The zero-order chi connectivity index (χ0) is 10.9. The van der Waals surface area contributed by atoms with Gasteiger partial charge in [0.2, 0.25) is 0 Å². The van der Waals surface area contributed by atoms with Crippen molar-refractivity contribution in [2.45, 2.75) is 32.6 Å². The van der Waals surface area contributed by atoms with Gasteiger partial charge in [0.1, 0.15) is 5.82 Å². The van der Waals surface area contributed by atoms with Gasteiger partial charge in [-0.1, -0.05) is 19.1 Å². The molecule has 0 amide bonds. The summed E-state index contributed by atoms with van der Waals surface area (Å²) in [6.45, 7) is 3.81. The highest BCUT2D eigenvalue weighted by Crippen LogP contribution is 2.06. The summed E-state index contributed by atoms with van der Waals surface area (Å²) >= 11 is 0. The minimum atomic E-state index is -0.162. The number of ether oxygens (including phenoxy) is 1. The quantitative estimate of drug-likeness (QED) is 0.625. The third kappa shape index (κ3) is 5.53. The van der Waals surface area contributed by atoms with E-state index in [9.17, 15) is 4.39 Å². The molecular formula is C13H19FO. The number of hydrogen-bond donors (Lipinski definition) is 0. The summed E-state index contributed by atoms with van der Waals surface area (Å²) < 4.78 is 18.0. The first-order chi connectivity index (χ1) is 7.33. The lowest BCUT2D eigenvalue weighted by atomic mass is 10.1. The van der Waals surface area contributed by atoms with Crippen molar-refractivity contribution in [2.24, 2.45) is 0 Å². The smallest absolute Gasteiger partial charge is 0.123 e. The third-order valence-corrected chi connectivity index (χ3v) is 2.27. The average Bonchev–Trinajstić information content (AvgIpc) is 2.26. The SMILES string of the molecule is CCCOCCCCc1ccc(F)cc1. The zero-order valence-electron chi connectivity index (χ0n) is 9.34. The van der Waals surface area contributed by atoms with Crippen LogP contribution in [0.2, 0.25) is 0 Å². The van der Waals surface area contributed by atoms with Crippen molar-refractivity contribution in [3.63, 3.8) is 0 Å². The van der Waals surface area contributed by atoms with Gasteiger partial charge in [0.25, 0.3) is 0 Å². The fraction of sp³-hybridized carbons (Fsp3) is 0.538. The standard InChI is InChI=1S/C13H19FO/c1-2-10-15-11-4-3-5-12-6-8-13(14)9-7-12/h6-9H,2-5,10-11H2,1H3. The maximum absolute atomic E-state index is 12.6. The van der Waals surface area contributed by atoms with Crippen molar-refractivity contribution < 1.29 is 9.13 Å². The molecule has 0 N–H and O–H groups in total. The lowest BCUT2D eigenvalue weighted by Crippen LogP contribution is -1.96. The molecule has 0 fully saturated rings. The third-order valence-electron chi connectivity index (χ3n) is 2.27. The second-order valence-electron chi connectivity index (χ2n) is 3.70. The van der Waals surface area contributed by atoms with Gasteiger partial charge in [-0.3, -0.25) is 0 Å². The van der Waals surface area contributed by atoms with E-state index in [1.54, 1.807) is 0 Å². The zero-order valence-corrected chi connectivity index (χ0v) is 9.34. The maximum atomic E-state index is 12.6. The van der Waals surface area contributed by atoms with Crippen LogP contribution in [-0.2, 0) is 11.2 Å². The van der Waals surface area contributed by atoms with Crippen molar-refractivity contribution in [1.29, 1.82) is 0 Å². The van der Waals surface area contributed by atoms with Crippen LogP contribution in [0.4, 0.5) is 4.39 Å². The van der Waals surface area contributed by atoms with Crippen LogP contribution in [0.1, 0.15) is 31.7 Å². The Bertz CT molecular complexity index is 256. The highest BCUT2D eigenvalue weighted by atomic mass is 19.1. The molecule has 84 valence electrons. The van der Waals surface area contributed by atoms with Gasteiger partial charge in [-0.25, -0.2) is 4.39 Å². The van der Waals surface area contributed by atoms with Crippen LogP contribution in [0, 0.1) is 5.82 Å². The predicted octanol–water partition coefficient (Wildman–Crippen LogP) is 3.58. The molecule has 1 aromatic carbocycles. The van der Waals surface area contributed by atoms with Crippen LogP contribution in [0.25, 0.3) is 0 Å². The summed E-state index contributed by atoms with van der Waals surface area (Å²) in [5.74, 6) is -0.162. The topological polar surface area (TPSA) is 9.23 Å². The van der Waals surface area contributed by atoms with Crippen molar-refractivity contribution >= 4 is 0 Å².